The molecule has 2 atom stereocenters. The third-order valence-corrected chi connectivity index (χ3v) is 6.79. The summed E-state index contributed by atoms with van der Waals surface area (Å²) in [5, 5.41) is 4.53. The maximum atomic E-state index is 11.5. The molecule has 0 fully saturated rings. The van der Waals surface area contributed by atoms with Gasteiger partial charge in [0.25, 0.3) is 0 Å². The molecule has 148 valence electrons. The predicted octanol–water partition coefficient (Wildman–Crippen LogP) is 5.19. The van der Waals surface area contributed by atoms with E-state index < -0.39 is 9.84 Å². The van der Waals surface area contributed by atoms with E-state index in [0.717, 1.165) is 18.4 Å². The van der Waals surface area contributed by atoms with Gasteiger partial charge in [0.2, 0.25) is 0 Å². The van der Waals surface area contributed by atoms with Crippen molar-refractivity contribution in [1.82, 2.24) is 5.32 Å². The van der Waals surface area contributed by atoms with Crippen molar-refractivity contribution in [3.63, 3.8) is 0 Å². The highest BCUT2D eigenvalue weighted by molar-refractivity contribution is 7.90. The van der Waals surface area contributed by atoms with Crippen molar-refractivity contribution >= 4 is 45.4 Å². The molecular formula is C20H24Cl3NO2S. The topological polar surface area (TPSA) is 46.2 Å². The van der Waals surface area contributed by atoms with Crippen molar-refractivity contribution in [1.29, 1.82) is 0 Å². The van der Waals surface area contributed by atoms with Crippen LogP contribution >= 0.6 is 35.6 Å². The molecule has 0 radical (unpaired) electrons. The second kappa shape index (κ2) is 9.15. The molecule has 3 nitrogen and oxygen atoms in total. The van der Waals surface area contributed by atoms with Crippen LogP contribution in [0.2, 0.25) is 10.0 Å². The third kappa shape index (κ3) is 5.39. The van der Waals surface area contributed by atoms with E-state index in [4.69, 9.17) is 23.2 Å². The predicted molar refractivity (Wildman–Crippen MR) is 116 cm³/mol. The van der Waals surface area contributed by atoms with Gasteiger partial charge in [-0.25, -0.2) is 8.42 Å². The highest BCUT2D eigenvalue weighted by Crippen LogP contribution is 2.42. The number of nitrogens with one attached hydrogen (secondary N) is 1. The van der Waals surface area contributed by atoms with E-state index in [0.29, 0.717) is 16.5 Å². The summed E-state index contributed by atoms with van der Waals surface area (Å²) in [6, 6.07) is 12.5. The number of sulfone groups is 1. The minimum atomic E-state index is -2.97. The van der Waals surface area contributed by atoms with Crippen LogP contribution in [0, 0.1) is 0 Å². The van der Waals surface area contributed by atoms with Gasteiger partial charge in [-0.05, 0) is 60.7 Å². The summed E-state index contributed by atoms with van der Waals surface area (Å²) in [5.41, 5.74) is 4.75. The molecule has 7 heteroatoms. The van der Waals surface area contributed by atoms with Crippen LogP contribution in [-0.4, -0.2) is 27.5 Å². The summed E-state index contributed by atoms with van der Waals surface area (Å²) < 4.78 is 22.9. The summed E-state index contributed by atoms with van der Waals surface area (Å²) in [7, 11) is -0.999. The molecule has 0 bridgehead atoms. The van der Waals surface area contributed by atoms with Gasteiger partial charge in [-0.1, -0.05) is 47.5 Å². The number of halogens is 3. The van der Waals surface area contributed by atoms with Crippen molar-refractivity contribution in [2.45, 2.75) is 31.2 Å². The summed E-state index contributed by atoms with van der Waals surface area (Å²) in [5.74, 6) is 0.444. The molecule has 0 heterocycles. The van der Waals surface area contributed by atoms with Crippen molar-refractivity contribution in [3.05, 3.63) is 68.7 Å². The van der Waals surface area contributed by atoms with Gasteiger partial charge < -0.3 is 5.32 Å². The SMILES string of the molecule is CN[C@H]1CCC(c2ccc(Cl)c(Cl)c2)c2ccc(CCS(C)(=O)=O)cc21.Cl. The molecule has 1 aliphatic rings. The number of hydrogen-bond acceptors (Lipinski definition) is 3. The summed E-state index contributed by atoms with van der Waals surface area (Å²) in [6.45, 7) is 0. The Bertz CT molecular complexity index is 915. The van der Waals surface area contributed by atoms with Gasteiger partial charge in [0.15, 0.2) is 0 Å². The molecule has 0 aliphatic heterocycles. The second-order valence-electron chi connectivity index (χ2n) is 6.99. The largest absolute Gasteiger partial charge is 0.313 e. The van der Waals surface area contributed by atoms with Gasteiger partial charge >= 0.3 is 0 Å². The monoisotopic (exact) mass is 447 g/mol. The van der Waals surface area contributed by atoms with Crippen molar-refractivity contribution in [2.24, 2.45) is 0 Å². The Morgan fingerprint density at radius 3 is 2.41 bits per heavy atom. The Balaban J connectivity index is 0.00000261. The van der Waals surface area contributed by atoms with Crippen LogP contribution in [0.15, 0.2) is 36.4 Å². The first kappa shape index (κ1) is 22.5. The van der Waals surface area contributed by atoms with Crippen LogP contribution in [0.4, 0.5) is 0 Å². The smallest absolute Gasteiger partial charge is 0.147 e. The third-order valence-electron chi connectivity index (χ3n) is 5.10. The number of hydrogen-bond donors (Lipinski definition) is 1. The number of aryl methyl sites for hydroxylation is 1. The number of benzene rings is 2. The first-order valence-electron chi connectivity index (χ1n) is 8.71. The molecule has 2 aromatic rings. The van der Waals surface area contributed by atoms with Crippen molar-refractivity contribution < 1.29 is 8.42 Å². The molecule has 0 amide bonds. The lowest BCUT2D eigenvalue weighted by Gasteiger charge is -2.32. The van der Waals surface area contributed by atoms with E-state index in [2.05, 4.69) is 17.4 Å². The van der Waals surface area contributed by atoms with Gasteiger partial charge in [-0.2, -0.15) is 0 Å². The fourth-order valence-electron chi connectivity index (χ4n) is 3.72. The van der Waals surface area contributed by atoms with E-state index in [9.17, 15) is 8.42 Å². The van der Waals surface area contributed by atoms with Gasteiger partial charge in [-0.15, -0.1) is 12.4 Å². The van der Waals surface area contributed by atoms with E-state index in [1.165, 1.54) is 22.9 Å². The summed E-state index contributed by atoms with van der Waals surface area (Å²) >= 11 is 12.3. The first-order chi connectivity index (χ1) is 12.3. The minimum Gasteiger partial charge on any atom is -0.313 e. The van der Waals surface area contributed by atoms with E-state index >= 15 is 0 Å². The van der Waals surface area contributed by atoms with Gasteiger partial charge in [0.05, 0.1) is 15.8 Å². The van der Waals surface area contributed by atoms with Crippen LogP contribution in [0.25, 0.3) is 0 Å². The van der Waals surface area contributed by atoms with Crippen LogP contribution in [0.3, 0.4) is 0 Å². The molecule has 0 aromatic heterocycles. The van der Waals surface area contributed by atoms with Crippen LogP contribution < -0.4 is 5.32 Å². The van der Waals surface area contributed by atoms with Gasteiger partial charge in [-0.3, -0.25) is 0 Å². The standard InChI is InChI=1S/C20H23Cl2NO2S.ClH/c1-23-20-8-6-15(14-4-7-18(21)19(22)12-14)16-5-3-13(11-17(16)20)9-10-26(2,24)25;/h3-5,7,11-12,15,20,23H,6,8-10H2,1-2H3;1H/t15?,20-;/m0./s1. The highest BCUT2D eigenvalue weighted by atomic mass is 35.5. The molecule has 2 aromatic carbocycles. The molecule has 3 rings (SSSR count). The number of fused-ring (bicyclic) bond motifs is 1. The van der Waals surface area contributed by atoms with Gasteiger partial charge in [0.1, 0.15) is 9.84 Å². The lowest BCUT2D eigenvalue weighted by atomic mass is 9.76. The Labute approximate surface area is 177 Å². The Morgan fingerprint density at radius 2 is 1.78 bits per heavy atom. The Kier molecular flexibility index (Phi) is 7.62. The zero-order chi connectivity index (χ0) is 18.9. The van der Waals surface area contributed by atoms with Crippen LogP contribution in [0.5, 0.6) is 0 Å². The molecule has 0 saturated heterocycles. The average Bonchev–Trinajstić information content (AvgIpc) is 2.60. The van der Waals surface area contributed by atoms with Crippen LogP contribution in [-0.2, 0) is 16.3 Å². The quantitative estimate of drug-likeness (QED) is 0.685. The summed E-state index contributed by atoms with van der Waals surface area (Å²) in [6.07, 6.45) is 3.87. The zero-order valence-electron chi connectivity index (χ0n) is 15.3. The zero-order valence-corrected chi connectivity index (χ0v) is 18.5. The molecule has 1 unspecified atom stereocenters. The molecule has 1 N–H and O–H groups in total. The maximum Gasteiger partial charge on any atom is 0.147 e. The Hall–Kier alpha value is -0.780. The number of rotatable bonds is 5. The maximum absolute atomic E-state index is 11.5. The average molecular weight is 449 g/mol. The van der Waals surface area contributed by atoms with Crippen molar-refractivity contribution in [2.75, 3.05) is 19.1 Å². The minimum absolute atomic E-state index is 0. The molecule has 0 spiro atoms. The van der Waals surface area contributed by atoms with E-state index in [1.54, 1.807) is 0 Å². The van der Waals surface area contributed by atoms with E-state index in [-0.39, 0.29) is 30.1 Å². The van der Waals surface area contributed by atoms with Crippen molar-refractivity contribution in [3.8, 4) is 0 Å². The molecule has 27 heavy (non-hydrogen) atoms. The molecular weight excluding hydrogens is 425 g/mol. The second-order valence-corrected chi connectivity index (χ2v) is 10.1. The lowest BCUT2D eigenvalue weighted by Crippen LogP contribution is -2.24. The highest BCUT2D eigenvalue weighted by Gasteiger charge is 2.28. The normalized spacial score (nSPS) is 19.3. The Morgan fingerprint density at radius 1 is 1.04 bits per heavy atom. The molecule has 0 saturated carbocycles. The fourth-order valence-corrected chi connectivity index (χ4v) is 4.63. The van der Waals surface area contributed by atoms with Gasteiger partial charge in [0, 0.05) is 18.2 Å². The summed E-state index contributed by atoms with van der Waals surface area (Å²) in [4.78, 5) is 0. The van der Waals surface area contributed by atoms with Crippen LogP contribution in [0.1, 0.15) is 47.1 Å². The van der Waals surface area contributed by atoms with E-state index in [1.807, 2.05) is 31.3 Å². The fraction of sp³-hybridized carbons (Fsp3) is 0.400. The molecule has 1 aliphatic carbocycles. The lowest BCUT2D eigenvalue weighted by molar-refractivity contribution is 0.470. The first-order valence-corrected chi connectivity index (χ1v) is 11.5.